The monoisotopic (exact) mass is 334 g/mol. The molecule has 1 aromatic rings. The van der Waals surface area contributed by atoms with Crippen molar-refractivity contribution in [1.29, 1.82) is 0 Å². The van der Waals surface area contributed by atoms with Crippen molar-refractivity contribution in [3.63, 3.8) is 0 Å². The highest BCUT2D eigenvalue weighted by molar-refractivity contribution is 7.99. The average Bonchev–Trinajstić information content (AvgIpc) is 2.38. The van der Waals surface area contributed by atoms with E-state index >= 15 is 0 Å². The normalized spacial score (nSPS) is 17.4. The quantitative estimate of drug-likeness (QED) is 0.852. The molecule has 0 aromatic heterocycles. The molecule has 7 heteroatoms. The number of hydrogen-bond donors (Lipinski definition) is 1. The third-order valence-corrected chi connectivity index (χ3v) is 5.80. The van der Waals surface area contributed by atoms with Crippen LogP contribution >= 0.6 is 23.4 Å². The van der Waals surface area contributed by atoms with Gasteiger partial charge in [0.2, 0.25) is 0 Å². The van der Waals surface area contributed by atoms with Crippen molar-refractivity contribution in [1.82, 2.24) is 10.2 Å². The van der Waals surface area contributed by atoms with Crippen molar-refractivity contribution in [3.8, 4) is 0 Å². The standard InChI is InChI=1S/C13H19ClN2O2S2/c1-19-13-11(14)7-10(8-12(13)20(2,17)18)9-16-5-3-15-4-6-16/h7-8,15H,3-6,9H2,1-2H3. The maximum atomic E-state index is 11.9. The second-order valence-corrected chi connectivity index (χ2v) is 8.12. The van der Waals surface area contributed by atoms with E-state index in [1.165, 1.54) is 18.0 Å². The van der Waals surface area contributed by atoms with Gasteiger partial charge in [-0.2, -0.15) is 0 Å². The van der Waals surface area contributed by atoms with Gasteiger partial charge in [-0.15, -0.1) is 11.8 Å². The number of benzene rings is 1. The largest absolute Gasteiger partial charge is 0.314 e. The fraction of sp³-hybridized carbons (Fsp3) is 0.538. The highest BCUT2D eigenvalue weighted by atomic mass is 35.5. The minimum atomic E-state index is -3.27. The van der Waals surface area contributed by atoms with Crippen LogP contribution in [0.1, 0.15) is 5.56 Å². The van der Waals surface area contributed by atoms with Crippen LogP contribution < -0.4 is 5.32 Å². The van der Waals surface area contributed by atoms with E-state index in [0.29, 0.717) is 14.8 Å². The molecule has 0 atom stereocenters. The van der Waals surface area contributed by atoms with Gasteiger partial charge in [-0.1, -0.05) is 11.6 Å². The molecule has 0 saturated carbocycles. The molecule has 1 aromatic carbocycles. The lowest BCUT2D eigenvalue weighted by Gasteiger charge is -2.27. The summed E-state index contributed by atoms with van der Waals surface area (Å²) in [6.07, 6.45) is 3.07. The summed E-state index contributed by atoms with van der Waals surface area (Å²) >= 11 is 7.61. The smallest absolute Gasteiger partial charge is 0.176 e. The fourth-order valence-corrected chi connectivity index (χ4v) is 4.87. The first-order valence-electron chi connectivity index (χ1n) is 6.41. The van der Waals surface area contributed by atoms with E-state index in [9.17, 15) is 8.42 Å². The van der Waals surface area contributed by atoms with Gasteiger partial charge in [-0.25, -0.2) is 8.42 Å². The summed E-state index contributed by atoms with van der Waals surface area (Å²) in [5.74, 6) is 0. The van der Waals surface area contributed by atoms with Crippen molar-refractivity contribution in [3.05, 3.63) is 22.7 Å². The number of sulfone groups is 1. The summed E-state index contributed by atoms with van der Waals surface area (Å²) in [4.78, 5) is 3.27. The Morgan fingerprint density at radius 3 is 2.55 bits per heavy atom. The number of nitrogens with zero attached hydrogens (tertiary/aromatic N) is 1. The molecule has 112 valence electrons. The van der Waals surface area contributed by atoms with Gasteiger partial charge in [-0.05, 0) is 24.0 Å². The average molecular weight is 335 g/mol. The van der Waals surface area contributed by atoms with Gasteiger partial charge in [0.25, 0.3) is 0 Å². The van der Waals surface area contributed by atoms with Gasteiger partial charge in [-0.3, -0.25) is 4.90 Å². The minimum absolute atomic E-state index is 0.336. The first-order valence-corrected chi connectivity index (χ1v) is 9.91. The Morgan fingerprint density at radius 2 is 2.00 bits per heavy atom. The van der Waals surface area contributed by atoms with Gasteiger partial charge in [0, 0.05) is 43.9 Å². The Labute approximate surface area is 129 Å². The van der Waals surface area contributed by atoms with E-state index in [0.717, 1.165) is 38.3 Å². The molecular formula is C13H19ClN2O2S2. The predicted molar refractivity (Wildman–Crippen MR) is 84.5 cm³/mol. The third kappa shape index (κ3) is 3.89. The summed E-state index contributed by atoms with van der Waals surface area (Å²) in [5, 5.41) is 3.82. The van der Waals surface area contributed by atoms with E-state index in [4.69, 9.17) is 11.6 Å². The number of halogens is 1. The summed E-state index contributed by atoms with van der Waals surface area (Å²) < 4.78 is 23.8. The van der Waals surface area contributed by atoms with E-state index in [1.807, 2.05) is 12.3 Å². The van der Waals surface area contributed by atoms with Gasteiger partial charge >= 0.3 is 0 Å². The van der Waals surface area contributed by atoms with Crippen LogP contribution in [0.2, 0.25) is 5.02 Å². The van der Waals surface area contributed by atoms with Crippen molar-refractivity contribution in [2.45, 2.75) is 16.3 Å². The molecule has 1 fully saturated rings. The predicted octanol–water partition coefficient (Wildman–Crippen LogP) is 1.87. The molecule has 2 rings (SSSR count). The summed E-state index contributed by atoms with van der Waals surface area (Å²) in [5.41, 5.74) is 0.954. The Bertz CT molecular complexity index is 584. The molecule has 0 spiro atoms. The van der Waals surface area contributed by atoms with E-state index < -0.39 is 9.84 Å². The van der Waals surface area contributed by atoms with E-state index in [-0.39, 0.29) is 0 Å². The zero-order valence-corrected chi connectivity index (χ0v) is 14.0. The second-order valence-electron chi connectivity index (χ2n) is 4.91. The second kappa shape index (κ2) is 6.66. The first kappa shape index (κ1) is 16.1. The maximum Gasteiger partial charge on any atom is 0.176 e. The first-order chi connectivity index (χ1) is 9.41. The zero-order chi connectivity index (χ0) is 14.8. The van der Waals surface area contributed by atoms with Crippen molar-refractivity contribution < 1.29 is 8.42 Å². The Morgan fingerprint density at radius 1 is 1.35 bits per heavy atom. The van der Waals surface area contributed by atoms with Crippen LogP contribution in [0.15, 0.2) is 21.9 Å². The molecular weight excluding hydrogens is 316 g/mol. The molecule has 0 bridgehead atoms. The summed E-state index contributed by atoms with van der Waals surface area (Å²) in [6, 6.07) is 3.64. The van der Waals surface area contributed by atoms with E-state index in [2.05, 4.69) is 10.2 Å². The molecule has 1 aliphatic rings. The zero-order valence-electron chi connectivity index (χ0n) is 11.6. The molecule has 1 N–H and O–H groups in total. The molecule has 0 aliphatic carbocycles. The molecule has 0 amide bonds. The lowest BCUT2D eigenvalue weighted by molar-refractivity contribution is 0.233. The van der Waals surface area contributed by atoms with Crippen LogP contribution in [0, 0.1) is 0 Å². The lowest BCUT2D eigenvalue weighted by Crippen LogP contribution is -2.42. The topological polar surface area (TPSA) is 49.4 Å². The number of nitrogens with one attached hydrogen (secondary N) is 1. The minimum Gasteiger partial charge on any atom is -0.314 e. The van der Waals surface area contributed by atoms with Crippen molar-refractivity contribution in [2.75, 3.05) is 38.7 Å². The Kier molecular flexibility index (Phi) is 5.36. The number of thioether (sulfide) groups is 1. The molecule has 20 heavy (non-hydrogen) atoms. The number of piperazine rings is 1. The van der Waals surface area contributed by atoms with Crippen LogP contribution in [0.25, 0.3) is 0 Å². The Balaban J connectivity index is 2.33. The van der Waals surface area contributed by atoms with Gasteiger partial charge in [0.15, 0.2) is 9.84 Å². The number of hydrogen-bond acceptors (Lipinski definition) is 5. The molecule has 0 unspecified atom stereocenters. The molecule has 1 heterocycles. The van der Waals surface area contributed by atoms with Crippen LogP contribution in [-0.2, 0) is 16.4 Å². The van der Waals surface area contributed by atoms with Gasteiger partial charge in [0.1, 0.15) is 0 Å². The van der Waals surface area contributed by atoms with Gasteiger partial charge < -0.3 is 5.32 Å². The van der Waals surface area contributed by atoms with Crippen LogP contribution in [0.3, 0.4) is 0 Å². The van der Waals surface area contributed by atoms with Crippen molar-refractivity contribution >= 4 is 33.2 Å². The SMILES string of the molecule is CSc1c(Cl)cc(CN2CCNCC2)cc1S(C)(=O)=O. The van der Waals surface area contributed by atoms with Crippen LogP contribution in [-0.4, -0.2) is 52.0 Å². The van der Waals surface area contributed by atoms with Crippen LogP contribution in [0.5, 0.6) is 0 Å². The maximum absolute atomic E-state index is 11.9. The summed E-state index contributed by atoms with van der Waals surface area (Å²) in [6.45, 7) is 4.61. The molecule has 1 saturated heterocycles. The molecule has 4 nitrogen and oxygen atoms in total. The summed E-state index contributed by atoms with van der Waals surface area (Å²) in [7, 11) is -3.27. The van der Waals surface area contributed by atoms with Crippen LogP contribution in [0.4, 0.5) is 0 Å². The Hall–Kier alpha value is -0.270. The highest BCUT2D eigenvalue weighted by Crippen LogP contribution is 2.33. The fourth-order valence-electron chi connectivity index (χ4n) is 2.31. The highest BCUT2D eigenvalue weighted by Gasteiger charge is 2.18. The number of rotatable bonds is 4. The third-order valence-electron chi connectivity index (χ3n) is 3.29. The van der Waals surface area contributed by atoms with Gasteiger partial charge in [0.05, 0.1) is 9.92 Å². The molecule has 0 radical (unpaired) electrons. The van der Waals surface area contributed by atoms with Crippen molar-refractivity contribution in [2.24, 2.45) is 0 Å². The van der Waals surface area contributed by atoms with E-state index in [1.54, 1.807) is 6.07 Å². The molecule has 1 aliphatic heterocycles. The lowest BCUT2D eigenvalue weighted by atomic mass is 10.2.